The summed E-state index contributed by atoms with van der Waals surface area (Å²) >= 11 is 0. The van der Waals surface area contributed by atoms with Crippen LogP contribution in [0.25, 0.3) is 0 Å². The van der Waals surface area contributed by atoms with Gasteiger partial charge in [-0.1, -0.05) is 6.92 Å². The van der Waals surface area contributed by atoms with Crippen molar-refractivity contribution in [1.29, 1.82) is 0 Å². The molecule has 0 aromatic carbocycles. The van der Waals surface area contributed by atoms with Gasteiger partial charge in [-0.2, -0.15) is 0 Å². The number of carbonyl (C=O) groups excluding carboxylic acids is 1. The Bertz CT molecular complexity index is 267. The van der Waals surface area contributed by atoms with E-state index in [2.05, 4.69) is 18.9 Å². The van der Waals surface area contributed by atoms with Crippen LogP contribution in [0.3, 0.4) is 0 Å². The van der Waals surface area contributed by atoms with E-state index in [9.17, 15) is 4.79 Å². The van der Waals surface area contributed by atoms with Gasteiger partial charge in [0, 0.05) is 31.3 Å². The molecule has 1 atom stereocenters. The predicted molar refractivity (Wildman–Crippen MR) is 52.3 cm³/mol. The standard InChI is InChI=1S/C11H17NO/c1-8-6-10-9(11(13)7-8)4-3-5-12(10)2/h8H,3-7H2,1-2H3/t8-/m1/s1. The normalized spacial score (nSPS) is 29.2. The fourth-order valence-electron chi connectivity index (χ4n) is 2.42. The summed E-state index contributed by atoms with van der Waals surface area (Å²) in [5.74, 6) is 0.951. The smallest absolute Gasteiger partial charge is 0.160 e. The third kappa shape index (κ3) is 1.50. The summed E-state index contributed by atoms with van der Waals surface area (Å²) in [4.78, 5) is 14.0. The molecule has 13 heavy (non-hydrogen) atoms. The van der Waals surface area contributed by atoms with Gasteiger partial charge in [0.25, 0.3) is 0 Å². The van der Waals surface area contributed by atoms with E-state index >= 15 is 0 Å². The second-order valence-electron chi connectivity index (χ2n) is 4.39. The van der Waals surface area contributed by atoms with Crippen molar-refractivity contribution in [1.82, 2.24) is 4.90 Å². The van der Waals surface area contributed by atoms with Gasteiger partial charge >= 0.3 is 0 Å². The number of nitrogens with zero attached hydrogens (tertiary/aromatic N) is 1. The van der Waals surface area contributed by atoms with Gasteiger partial charge in [-0.05, 0) is 25.2 Å². The van der Waals surface area contributed by atoms with Crippen molar-refractivity contribution in [3.63, 3.8) is 0 Å². The van der Waals surface area contributed by atoms with E-state index in [-0.39, 0.29) is 0 Å². The summed E-state index contributed by atoms with van der Waals surface area (Å²) < 4.78 is 0. The zero-order chi connectivity index (χ0) is 9.42. The third-order valence-corrected chi connectivity index (χ3v) is 3.14. The SMILES string of the molecule is C[C@H]1CC(=O)C2=C(C1)N(C)CCC2. The Labute approximate surface area is 79.6 Å². The summed E-state index contributed by atoms with van der Waals surface area (Å²) in [6, 6.07) is 0. The highest BCUT2D eigenvalue weighted by atomic mass is 16.1. The molecule has 1 aliphatic carbocycles. The lowest BCUT2D eigenvalue weighted by atomic mass is 9.83. The molecule has 0 fully saturated rings. The summed E-state index contributed by atoms with van der Waals surface area (Å²) in [6.07, 6.45) is 4.05. The summed E-state index contributed by atoms with van der Waals surface area (Å²) in [7, 11) is 2.11. The van der Waals surface area contributed by atoms with Crippen LogP contribution in [0.2, 0.25) is 0 Å². The Morgan fingerprint density at radius 3 is 2.92 bits per heavy atom. The minimum Gasteiger partial charge on any atom is -0.378 e. The molecule has 0 unspecified atom stereocenters. The van der Waals surface area contributed by atoms with Gasteiger partial charge in [0.05, 0.1) is 0 Å². The average Bonchev–Trinajstić information content (AvgIpc) is 2.07. The quantitative estimate of drug-likeness (QED) is 0.566. The number of hydrogen-bond donors (Lipinski definition) is 0. The molecule has 1 aliphatic heterocycles. The molecule has 2 nitrogen and oxygen atoms in total. The van der Waals surface area contributed by atoms with E-state index in [0.717, 1.165) is 37.8 Å². The van der Waals surface area contributed by atoms with Gasteiger partial charge in [-0.25, -0.2) is 0 Å². The highest BCUT2D eigenvalue weighted by molar-refractivity contribution is 5.97. The molecule has 72 valence electrons. The van der Waals surface area contributed by atoms with Gasteiger partial charge in [0.15, 0.2) is 5.78 Å². The van der Waals surface area contributed by atoms with Crippen LogP contribution in [0, 0.1) is 5.92 Å². The average molecular weight is 179 g/mol. The number of rotatable bonds is 0. The molecule has 2 heteroatoms. The molecule has 0 aromatic heterocycles. The van der Waals surface area contributed by atoms with Crippen molar-refractivity contribution in [2.45, 2.75) is 32.6 Å². The predicted octanol–water partition coefficient (Wildman–Crippen LogP) is 1.97. The lowest BCUT2D eigenvalue weighted by molar-refractivity contribution is -0.117. The first-order chi connectivity index (χ1) is 6.18. The van der Waals surface area contributed by atoms with Crippen molar-refractivity contribution in [3.8, 4) is 0 Å². The molecular weight excluding hydrogens is 162 g/mol. The topological polar surface area (TPSA) is 20.3 Å². The number of allylic oxidation sites excluding steroid dienone is 2. The third-order valence-electron chi connectivity index (χ3n) is 3.14. The highest BCUT2D eigenvalue weighted by Crippen LogP contribution is 2.33. The van der Waals surface area contributed by atoms with E-state index in [1.54, 1.807) is 0 Å². The Morgan fingerprint density at radius 1 is 1.38 bits per heavy atom. The fraction of sp³-hybridized carbons (Fsp3) is 0.727. The van der Waals surface area contributed by atoms with E-state index in [1.165, 1.54) is 5.70 Å². The molecule has 0 radical (unpaired) electrons. The van der Waals surface area contributed by atoms with E-state index in [0.29, 0.717) is 11.7 Å². The monoisotopic (exact) mass is 179 g/mol. The van der Waals surface area contributed by atoms with Crippen molar-refractivity contribution < 1.29 is 4.79 Å². The van der Waals surface area contributed by atoms with Gasteiger partial charge in [-0.3, -0.25) is 4.79 Å². The molecule has 2 rings (SSSR count). The molecule has 0 bridgehead atoms. The van der Waals surface area contributed by atoms with Crippen LogP contribution in [0.1, 0.15) is 32.6 Å². The second-order valence-corrected chi connectivity index (χ2v) is 4.39. The molecule has 1 heterocycles. The maximum Gasteiger partial charge on any atom is 0.160 e. The van der Waals surface area contributed by atoms with Crippen molar-refractivity contribution >= 4 is 5.78 Å². The maximum atomic E-state index is 11.7. The first-order valence-electron chi connectivity index (χ1n) is 5.15. The van der Waals surface area contributed by atoms with Crippen LogP contribution in [-0.4, -0.2) is 24.3 Å². The zero-order valence-corrected chi connectivity index (χ0v) is 8.47. The lowest BCUT2D eigenvalue weighted by Gasteiger charge is -2.35. The first-order valence-corrected chi connectivity index (χ1v) is 5.15. The van der Waals surface area contributed by atoms with Crippen LogP contribution in [0.4, 0.5) is 0 Å². The minimum atomic E-state index is 0.403. The fourth-order valence-corrected chi connectivity index (χ4v) is 2.42. The maximum absolute atomic E-state index is 11.7. The van der Waals surface area contributed by atoms with E-state index < -0.39 is 0 Å². The van der Waals surface area contributed by atoms with Gasteiger partial charge in [-0.15, -0.1) is 0 Å². The second kappa shape index (κ2) is 3.17. The van der Waals surface area contributed by atoms with Crippen LogP contribution in [-0.2, 0) is 4.79 Å². The number of carbonyl (C=O) groups is 1. The molecule has 2 aliphatic rings. The summed E-state index contributed by atoms with van der Waals surface area (Å²) in [5.41, 5.74) is 2.46. The molecular formula is C11H17NO. The van der Waals surface area contributed by atoms with Crippen LogP contribution >= 0.6 is 0 Å². The molecule has 0 saturated heterocycles. The minimum absolute atomic E-state index is 0.403. The molecule has 0 aromatic rings. The van der Waals surface area contributed by atoms with Crippen LogP contribution < -0.4 is 0 Å². The molecule has 0 spiro atoms. The Morgan fingerprint density at radius 2 is 2.15 bits per heavy atom. The van der Waals surface area contributed by atoms with Crippen LogP contribution in [0.15, 0.2) is 11.3 Å². The first kappa shape index (κ1) is 8.79. The molecule has 0 N–H and O–H groups in total. The summed E-state index contributed by atoms with van der Waals surface area (Å²) in [6.45, 7) is 3.29. The van der Waals surface area contributed by atoms with Crippen molar-refractivity contribution in [2.24, 2.45) is 5.92 Å². The number of hydrogen-bond acceptors (Lipinski definition) is 2. The van der Waals surface area contributed by atoms with Crippen molar-refractivity contribution in [3.05, 3.63) is 11.3 Å². The Balaban J connectivity index is 2.32. The van der Waals surface area contributed by atoms with Gasteiger partial charge in [0.1, 0.15) is 0 Å². The molecule has 0 amide bonds. The highest BCUT2D eigenvalue weighted by Gasteiger charge is 2.28. The largest absolute Gasteiger partial charge is 0.378 e. The van der Waals surface area contributed by atoms with Crippen LogP contribution in [0.5, 0.6) is 0 Å². The molecule has 0 saturated carbocycles. The Kier molecular flexibility index (Phi) is 2.14. The Hall–Kier alpha value is -0.790. The van der Waals surface area contributed by atoms with Crippen molar-refractivity contribution in [2.75, 3.05) is 13.6 Å². The number of ketones is 1. The summed E-state index contributed by atoms with van der Waals surface area (Å²) in [5, 5.41) is 0. The van der Waals surface area contributed by atoms with Gasteiger partial charge < -0.3 is 4.90 Å². The van der Waals surface area contributed by atoms with E-state index in [1.807, 2.05) is 0 Å². The van der Waals surface area contributed by atoms with Gasteiger partial charge in [0.2, 0.25) is 0 Å². The lowest BCUT2D eigenvalue weighted by Crippen LogP contribution is -2.32. The zero-order valence-electron chi connectivity index (χ0n) is 8.47. The number of Topliss-reactive ketones (excluding diaryl/α,β-unsaturated/α-hetero) is 1. The van der Waals surface area contributed by atoms with E-state index in [4.69, 9.17) is 0 Å².